The fourth-order valence-corrected chi connectivity index (χ4v) is 2.55. The molecule has 0 saturated heterocycles. The van der Waals surface area contributed by atoms with Gasteiger partial charge in [-0.2, -0.15) is 0 Å². The first kappa shape index (κ1) is 18.4. The molecule has 3 nitrogen and oxygen atoms in total. The van der Waals surface area contributed by atoms with Crippen LogP contribution in [0.1, 0.15) is 31.9 Å². The van der Waals surface area contributed by atoms with Crippen molar-refractivity contribution in [3.05, 3.63) is 63.6 Å². The third-order valence-corrected chi connectivity index (χ3v) is 3.89. The maximum atomic E-state index is 14.7. The van der Waals surface area contributed by atoms with Gasteiger partial charge in [0.15, 0.2) is 5.82 Å². The Morgan fingerprint density at radius 1 is 1.17 bits per heavy atom. The van der Waals surface area contributed by atoms with Crippen molar-refractivity contribution in [1.82, 2.24) is 0 Å². The fourth-order valence-electron chi connectivity index (χ4n) is 2.10. The molecule has 128 valence electrons. The van der Waals surface area contributed by atoms with Crippen LogP contribution in [0.4, 0.5) is 19.3 Å². The monoisotopic (exact) mass is 397 g/mol. The topological polar surface area (TPSA) is 38.3 Å². The molecular weight excluding hydrogens is 380 g/mol. The Kier molecular flexibility index (Phi) is 5.59. The Morgan fingerprint density at radius 2 is 1.83 bits per heavy atom. The fraction of sp³-hybridized carbons (Fsp3) is 0.278. The quantitative estimate of drug-likeness (QED) is 0.724. The number of halogens is 3. The molecule has 2 aromatic rings. The largest absolute Gasteiger partial charge is 0.444 e. The second-order valence-corrected chi connectivity index (χ2v) is 7.14. The number of nitrogens with one attached hydrogen (secondary N) is 1. The maximum Gasteiger partial charge on any atom is 0.412 e. The summed E-state index contributed by atoms with van der Waals surface area (Å²) in [4.78, 5) is 11.8. The summed E-state index contributed by atoms with van der Waals surface area (Å²) in [7, 11) is 0. The Labute approximate surface area is 148 Å². The molecule has 24 heavy (non-hydrogen) atoms. The summed E-state index contributed by atoms with van der Waals surface area (Å²) in [6.07, 6.45) is -0.691. The Balaban J connectivity index is 2.27. The van der Waals surface area contributed by atoms with E-state index < -0.39 is 23.3 Å². The van der Waals surface area contributed by atoms with Crippen molar-refractivity contribution in [2.75, 3.05) is 5.32 Å². The van der Waals surface area contributed by atoms with E-state index in [1.165, 1.54) is 12.1 Å². The van der Waals surface area contributed by atoms with Crippen molar-refractivity contribution in [3.63, 3.8) is 0 Å². The van der Waals surface area contributed by atoms with Gasteiger partial charge in [-0.25, -0.2) is 13.6 Å². The van der Waals surface area contributed by atoms with Crippen LogP contribution in [0, 0.1) is 11.6 Å². The maximum absolute atomic E-state index is 14.7. The third kappa shape index (κ3) is 4.77. The second-order valence-electron chi connectivity index (χ2n) is 6.28. The summed E-state index contributed by atoms with van der Waals surface area (Å²) in [5.74, 6) is -1.03. The SMILES string of the molecule is CC(C)(C)OC(=O)Nc1ccc(Br)c(Cc2ccccc2F)c1F. The third-order valence-electron chi connectivity index (χ3n) is 3.15. The molecule has 0 aliphatic rings. The predicted molar refractivity (Wildman–Crippen MR) is 93.2 cm³/mol. The molecule has 0 bridgehead atoms. The van der Waals surface area contributed by atoms with Crippen molar-refractivity contribution in [2.45, 2.75) is 32.8 Å². The van der Waals surface area contributed by atoms with Gasteiger partial charge in [0.25, 0.3) is 0 Å². The molecule has 0 heterocycles. The highest BCUT2D eigenvalue weighted by Gasteiger charge is 2.20. The molecule has 0 saturated carbocycles. The molecule has 2 rings (SSSR count). The van der Waals surface area contributed by atoms with Crippen molar-refractivity contribution in [1.29, 1.82) is 0 Å². The number of hydrogen-bond acceptors (Lipinski definition) is 2. The molecule has 0 fully saturated rings. The van der Waals surface area contributed by atoms with Gasteiger partial charge in [-0.3, -0.25) is 5.32 Å². The number of hydrogen-bond donors (Lipinski definition) is 1. The van der Waals surface area contributed by atoms with Crippen LogP contribution in [0.25, 0.3) is 0 Å². The van der Waals surface area contributed by atoms with Gasteiger partial charge in [0.2, 0.25) is 0 Å². The zero-order valence-corrected chi connectivity index (χ0v) is 15.2. The molecule has 2 aromatic carbocycles. The minimum absolute atomic E-state index is 0.0150. The van der Waals surface area contributed by atoms with Crippen molar-refractivity contribution in [3.8, 4) is 0 Å². The molecule has 6 heteroatoms. The standard InChI is InChI=1S/C18H18BrF2NO2/c1-18(2,3)24-17(23)22-15-9-8-13(19)12(16(15)21)10-11-6-4-5-7-14(11)20/h4-9H,10H2,1-3H3,(H,22,23). The first-order valence-corrected chi connectivity index (χ1v) is 8.17. The van der Waals surface area contributed by atoms with Crippen molar-refractivity contribution < 1.29 is 18.3 Å². The van der Waals surface area contributed by atoms with Gasteiger partial charge in [0, 0.05) is 16.5 Å². The van der Waals surface area contributed by atoms with Gasteiger partial charge in [0.1, 0.15) is 11.4 Å². The highest BCUT2D eigenvalue weighted by molar-refractivity contribution is 9.10. The number of carbonyl (C=O) groups is 1. The molecule has 0 aromatic heterocycles. The van der Waals surface area contributed by atoms with Crippen LogP contribution in [0.15, 0.2) is 40.9 Å². The van der Waals surface area contributed by atoms with Crippen LogP contribution >= 0.6 is 15.9 Å². The summed E-state index contributed by atoms with van der Waals surface area (Å²) in [6.45, 7) is 5.15. The summed E-state index contributed by atoms with van der Waals surface area (Å²) in [5.41, 5.74) is -0.0784. The summed E-state index contributed by atoms with van der Waals surface area (Å²) >= 11 is 3.27. The van der Waals surface area contributed by atoms with E-state index in [9.17, 15) is 13.6 Å². The molecule has 1 N–H and O–H groups in total. The van der Waals surface area contributed by atoms with Crippen molar-refractivity contribution >= 4 is 27.7 Å². The first-order valence-electron chi connectivity index (χ1n) is 7.37. The molecular formula is C18H18BrF2NO2. The average Bonchev–Trinajstić information content (AvgIpc) is 2.46. The molecule has 0 aliphatic heterocycles. The van der Waals surface area contributed by atoms with Gasteiger partial charge < -0.3 is 4.74 Å². The summed E-state index contributed by atoms with van der Waals surface area (Å²) < 4.78 is 34.1. The van der Waals surface area contributed by atoms with E-state index in [-0.39, 0.29) is 17.7 Å². The van der Waals surface area contributed by atoms with E-state index in [0.717, 1.165) is 0 Å². The van der Waals surface area contributed by atoms with Gasteiger partial charge >= 0.3 is 6.09 Å². The van der Waals surface area contributed by atoms with Crippen LogP contribution in [0.5, 0.6) is 0 Å². The molecule has 0 unspecified atom stereocenters. The zero-order valence-electron chi connectivity index (χ0n) is 13.6. The highest BCUT2D eigenvalue weighted by atomic mass is 79.9. The van der Waals surface area contributed by atoms with Crippen LogP contribution in [-0.4, -0.2) is 11.7 Å². The smallest absolute Gasteiger partial charge is 0.412 e. The normalized spacial score (nSPS) is 11.2. The minimum atomic E-state index is -0.749. The van der Waals surface area contributed by atoms with Crippen LogP contribution in [0.3, 0.4) is 0 Å². The number of anilines is 1. The van der Waals surface area contributed by atoms with E-state index in [1.807, 2.05) is 0 Å². The number of benzene rings is 2. The zero-order chi connectivity index (χ0) is 17.9. The first-order chi connectivity index (χ1) is 11.2. The lowest BCUT2D eigenvalue weighted by atomic mass is 10.0. The summed E-state index contributed by atoms with van der Waals surface area (Å²) in [6, 6.07) is 9.21. The predicted octanol–water partition coefficient (Wildman–Crippen LogP) is 5.67. The average molecular weight is 398 g/mol. The van der Waals surface area contributed by atoms with Gasteiger partial charge in [-0.05, 0) is 44.5 Å². The second kappa shape index (κ2) is 7.30. The van der Waals surface area contributed by atoms with Crippen LogP contribution in [0.2, 0.25) is 0 Å². The lowest BCUT2D eigenvalue weighted by Crippen LogP contribution is -2.27. The van der Waals surface area contributed by atoms with Crippen LogP contribution in [-0.2, 0) is 11.2 Å². The minimum Gasteiger partial charge on any atom is -0.444 e. The van der Waals surface area contributed by atoms with Crippen molar-refractivity contribution in [2.24, 2.45) is 0 Å². The number of carbonyl (C=O) groups excluding carboxylic acids is 1. The van der Waals surface area contributed by atoms with E-state index in [2.05, 4.69) is 21.2 Å². The van der Waals surface area contributed by atoms with Crippen LogP contribution < -0.4 is 5.32 Å². The number of ether oxygens (including phenoxy) is 1. The highest BCUT2D eigenvalue weighted by Crippen LogP contribution is 2.29. The van der Waals surface area contributed by atoms with E-state index in [1.54, 1.807) is 45.0 Å². The lowest BCUT2D eigenvalue weighted by molar-refractivity contribution is 0.0635. The Hall–Kier alpha value is -1.95. The van der Waals surface area contributed by atoms with E-state index >= 15 is 0 Å². The molecule has 0 radical (unpaired) electrons. The molecule has 0 atom stereocenters. The van der Waals surface area contributed by atoms with Gasteiger partial charge in [-0.1, -0.05) is 34.1 Å². The van der Waals surface area contributed by atoms with E-state index in [4.69, 9.17) is 4.74 Å². The Bertz CT molecular complexity index is 757. The van der Waals surface area contributed by atoms with Gasteiger partial charge in [-0.15, -0.1) is 0 Å². The number of rotatable bonds is 3. The molecule has 1 amide bonds. The molecule has 0 aliphatic carbocycles. The van der Waals surface area contributed by atoms with Gasteiger partial charge in [0.05, 0.1) is 5.69 Å². The number of amides is 1. The molecule has 0 spiro atoms. The van der Waals surface area contributed by atoms with E-state index in [0.29, 0.717) is 10.0 Å². The lowest BCUT2D eigenvalue weighted by Gasteiger charge is -2.20. The summed E-state index contributed by atoms with van der Waals surface area (Å²) in [5, 5.41) is 2.38. The Morgan fingerprint density at radius 3 is 2.46 bits per heavy atom.